The van der Waals surface area contributed by atoms with Crippen molar-refractivity contribution in [2.24, 2.45) is 0 Å². The van der Waals surface area contributed by atoms with E-state index in [4.69, 9.17) is 11.6 Å². The Balaban J connectivity index is 1.67. The molecule has 1 aliphatic heterocycles. The first-order chi connectivity index (χ1) is 11.2. The van der Waals surface area contributed by atoms with Crippen LogP contribution in [0.3, 0.4) is 0 Å². The third-order valence-corrected chi connectivity index (χ3v) is 4.23. The van der Waals surface area contributed by atoms with E-state index in [9.17, 15) is 9.18 Å². The van der Waals surface area contributed by atoms with Crippen molar-refractivity contribution in [3.05, 3.63) is 52.9 Å². The lowest BCUT2D eigenvalue weighted by Crippen LogP contribution is -2.41. The number of nitrogens with zero attached hydrogens (tertiary/aromatic N) is 3. The zero-order valence-corrected chi connectivity index (χ0v) is 13.1. The zero-order chi connectivity index (χ0) is 16.2. The predicted molar refractivity (Wildman–Crippen MR) is 86.1 cm³/mol. The molecule has 1 aliphatic rings. The molecule has 1 aromatic carbocycles. The topological polar surface area (TPSA) is 58.1 Å². The average Bonchev–Trinajstić information content (AvgIpc) is 3.02. The van der Waals surface area contributed by atoms with E-state index in [0.29, 0.717) is 6.54 Å². The Morgan fingerprint density at radius 1 is 1.39 bits per heavy atom. The van der Waals surface area contributed by atoms with Crippen molar-refractivity contribution in [2.75, 3.05) is 18.0 Å². The van der Waals surface area contributed by atoms with Gasteiger partial charge < -0.3 is 10.2 Å². The van der Waals surface area contributed by atoms with Crippen LogP contribution in [0.1, 0.15) is 23.2 Å². The van der Waals surface area contributed by atoms with E-state index < -0.39 is 11.7 Å². The molecule has 3 rings (SSSR count). The number of halogens is 2. The first-order valence-corrected chi connectivity index (χ1v) is 7.81. The van der Waals surface area contributed by atoms with Crippen LogP contribution in [-0.4, -0.2) is 35.2 Å². The van der Waals surface area contributed by atoms with Gasteiger partial charge in [-0.2, -0.15) is 5.10 Å². The lowest BCUT2D eigenvalue weighted by atomic mass is 10.1. The second kappa shape index (κ2) is 6.91. The zero-order valence-electron chi connectivity index (χ0n) is 12.4. The van der Waals surface area contributed by atoms with Gasteiger partial charge in [0.25, 0.3) is 5.91 Å². The number of hydrogen-bond donors (Lipinski definition) is 1. The molecule has 1 fully saturated rings. The van der Waals surface area contributed by atoms with Crippen molar-refractivity contribution in [3.8, 4) is 0 Å². The molecule has 2 aromatic rings. The summed E-state index contributed by atoms with van der Waals surface area (Å²) in [5.41, 5.74) is -0.113. The minimum Gasteiger partial charge on any atom is -0.350 e. The van der Waals surface area contributed by atoms with Gasteiger partial charge in [-0.3, -0.25) is 4.79 Å². The van der Waals surface area contributed by atoms with Crippen LogP contribution in [0.4, 0.5) is 10.2 Å². The van der Waals surface area contributed by atoms with Gasteiger partial charge in [0.2, 0.25) is 0 Å². The Labute approximate surface area is 138 Å². The van der Waals surface area contributed by atoms with E-state index >= 15 is 0 Å². The third kappa shape index (κ3) is 3.42. The normalized spacial score (nSPS) is 17.3. The van der Waals surface area contributed by atoms with Crippen molar-refractivity contribution in [3.63, 3.8) is 0 Å². The second-order valence-electron chi connectivity index (χ2n) is 5.38. The Kier molecular flexibility index (Phi) is 4.71. The summed E-state index contributed by atoms with van der Waals surface area (Å²) in [4.78, 5) is 14.3. The molecule has 0 bridgehead atoms. The maximum atomic E-state index is 13.8. The molecule has 120 valence electrons. The fourth-order valence-corrected chi connectivity index (χ4v) is 3.06. The van der Waals surface area contributed by atoms with Gasteiger partial charge in [0.1, 0.15) is 5.82 Å². The van der Waals surface area contributed by atoms with Crippen LogP contribution in [-0.2, 0) is 0 Å². The first-order valence-electron chi connectivity index (χ1n) is 7.43. The number of amides is 1. The summed E-state index contributed by atoms with van der Waals surface area (Å²) in [6.45, 7) is 1.26. The highest BCUT2D eigenvalue weighted by molar-refractivity contribution is 6.33. The van der Waals surface area contributed by atoms with Crippen LogP contribution in [0.5, 0.6) is 0 Å². The van der Waals surface area contributed by atoms with Crippen molar-refractivity contribution >= 4 is 23.3 Å². The number of nitrogens with one attached hydrogen (secondary N) is 1. The number of hydrogen-bond acceptors (Lipinski definition) is 4. The molecule has 5 nitrogen and oxygen atoms in total. The Morgan fingerprint density at radius 2 is 2.26 bits per heavy atom. The number of aromatic nitrogens is 2. The molecule has 0 aliphatic carbocycles. The largest absolute Gasteiger partial charge is 0.350 e. The highest BCUT2D eigenvalue weighted by Crippen LogP contribution is 2.23. The maximum absolute atomic E-state index is 13.8. The molecule has 0 unspecified atom stereocenters. The average molecular weight is 335 g/mol. The van der Waals surface area contributed by atoms with E-state index in [1.807, 2.05) is 12.1 Å². The molecule has 1 amide bonds. The quantitative estimate of drug-likeness (QED) is 0.934. The fraction of sp³-hybridized carbons (Fsp3) is 0.312. The van der Waals surface area contributed by atoms with Gasteiger partial charge in [-0.25, -0.2) is 4.39 Å². The maximum Gasteiger partial charge on any atom is 0.255 e. The van der Waals surface area contributed by atoms with E-state index in [2.05, 4.69) is 20.4 Å². The van der Waals surface area contributed by atoms with Crippen LogP contribution < -0.4 is 10.2 Å². The highest BCUT2D eigenvalue weighted by Gasteiger charge is 2.27. The molecule has 1 saturated heterocycles. The number of rotatable bonds is 4. The van der Waals surface area contributed by atoms with Crippen LogP contribution in [0.2, 0.25) is 5.02 Å². The van der Waals surface area contributed by atoms with Crippen molar-refractivity contribution in [1.82, 2.24) is 15.5 Å². The van der Waals surface area contributed by atoms with Gasteiger partial charge in [0.05, 0.1) is 10.6 Å². The minimum atomic E-state index is -0.618. The summed E-state index contributed by atoms with van der Waals surface area (Å²) in [6.07, 6.45) is 3.57. The number of carbonyl (C=O) groups excluding carboxylic acids is 1. The summed E-state index contributed by atoms with van der Waals surface area (Å²) < 4.78 is 13.8. The predicted octanol–water partition coefficient (Wildman–Crippen LogP) is 2.67. The van der Waals surface area contributed by atoms with Gasteiger partial charge >= 0.3 is 0 Å². The smallest absolute Gasteiger partial charge is 0.255 e. The van der Waals surface area contributed by atoms with Crippen LogP contribution in [0.15, 0.2) is 36.5 Å². The highest BCUT2D eigenvalue weighted by atomic mass is 35.5. The molecular weight excluding hydrogens is 319 g/mol. The summed E-state index contributed by atoms with van der Waals surface area (Å²) in [5.74, 6) is -0.334. The molecule has 2 heterocycles. The Bertz CT molecular complexity index is 677. The molecule has 23 heavy (non-hydrogen) atoms. The standard InChI is InChI=1S/C16H16ClFN4O/c17-12-5-1-6-13(18)15(12)16(23)19-10-11-4-3-9-22(11)14-7-2-8-20-21-14/h1-2,5-8,11H,3-4,9-10H2,(H,19,23)/t11-/m1/s1. The van der Waals surface area contributed by atoms with Gasteiger partial charge in [0, 0.05) is 25.3 Å². The molecule has 1 aromatic heterocycles. The van der Waals surface area contributed by atoms with Crippen LogP contribution in [0, 0.1) is 5.82 Å². The van der Waals surface area contributed by atoms with Crippen LogP contribution >= 0.6 is 11.6 Å². The van der Waals surface area contributed by atoms with Crippen molar-refractivity contribution in [1.29, 1.82) is 0 Å². The first kappa shape index (κ1) is 15.7. The molecule has 0 radical (unpaired) electrons. The SMILES string of the molecule is O=C(NC[C@H]1CCCN1c1cccnn1)c1c(F)cccc1Cl. The molecule has 7 heteroatoms. The van der Waals surface area contributed by atoms with Gasteiger partial charge in [-0.05, 0) is 37.1 Å². The fourth-order valence-electron chi connectivity index (χ4n) is 2.81. The lowest BCUT2D eigenvalue weighted by Gasteiger charge is -2.25. The lowest BCUT2D eigenvalue weighted by molar-refractivity contribution is 0.0947. The molecule has 0 spiro atoms. The molecule has 0 saturated carbocycles. The molecular formula is C16H16ClFN4O. The Morgan fingerprint density at radius 3 is 3.00 bits per heavy atom. The van der Waals surface area contributed by atoms with Crippen molar-refractivity contribution in [2.45, 2.75) is 18.9 Å². The summed E-state index contributed by atoms with van der Waals surface area (Å²) >= 11 is 5.91. The number of carbonyl (C=O) groups is 1. The van der Waals surface area contributed by atoms with Gasteiger partial charge in [-0.1, -0.05) is 17.7 Å². The summed E-state index contributed by atoms with van der Waals surface area (Å²) in [7, 11) is 0. The van der Waals surface area contributed by atoms with Crippen LogP contribution in [0.25, 0.3) is 0 Å². The minimum absolute atomic E-state index is 0.111. The third-order valence-electron chi connectivity index (χ3n) is 3.92. The van der Waals surface area contributed by atoms with Crippen molar-refractivity contribution < 1.29 is 9.18 Å². The number of benzene rings is 1. The van der Waals surface area contributed by atoms with E-state index in [0.717, 1.165) is 25.2 Å². The summed E-state index contributed by atoms with van der Waals surface area (Å²) in [5, 5.41) is 10.9. The number of anilines is 1. The van der Waals surface area contributed by atoms with Gasteiger partial charge in [0.15, 0.2) is 5.82 Å². The molecule has 1 atom stereocenters. The monoisotopic (exact) mass is 334 g/mol. The van der Waals surface area contributed by atoms with E-state index in [1.54, 1.807) is 6.20 Å². The Hall–Kier alpha value is -2.21. The molecule has 1 N–H and O–H groups in total. The summed E-state index contributed by atoms with van der Waals surface area (Å²) in [6, 6.07) is 8.03. The van der Waals surface area contributed by atoms with E-state index in [-0.39, 0.29) is 16.6 Å². The van der Waals surface area contributed by atoms with E-state index in [1.165, 1.54) is 18.2 Å². The van der Waals surface area contributed by atoms with Gasteiger partial charge in [-0.15, -0.1) is 5.10 Å². The second-order valence-corrected chi connectivity index (χ2v) is 5.79.